The van der Waals surface area contributed by atoms with Crippen LogP contribution in [0.25, 0.3) is 0 Å². The smallest absolute Gasteiger partial charge is 0.267 e. The van der Waals surface area contributed by atoms with Crippen LogP contribution in [0.5, 0.6) is 0 Å². The first-order chi connectivity index (χ1) is 9.19. The first-order valence-electron chi connectivity index (χ1n) is 7.31. The van der Waals surface area contributed by atoms with Crippen LogP contribution in [-0.4, -0.2) is 47.9 Å². The number of oxime groups is 1. The average Bonchev–Trinajstić information content (AvgIpc) is 2.85. The van der Waals surface area contributed by atoms with Gasteiger partial charge in [0.25, 0.3) is 5.91 Å². The highest BCUT2D eigenvalue weighted by Crippen LogP contribution is 2.34. The summed E-state index contributed by atoms with van der Waals surface area (Å²) in [6.07, 6.45) is 6.10. The maximum absolute atomic E-state index is 12.4. The normalized spacial score (nSPS) is 30.1. The summed E-state index contributed by atoms with van der Waals surface area (Å²) in [6, 6.07) is 0. The Balaban J connectivity index is 1.63. The van der Waals surface area contributed by atoms with Gasteiger partial charge in [-0.2, -0.15) is 0 Å². The number of nitrogens with zero attached hydrogens (tertiary/aromatic N) is 2. The van der Waals surface area contributed by atoms with E-state index in [0.29, 0.717) is 19.6 Å². The predicted octanol–water partition coefficient (Wildman–Crippen LogP) is 1.71. The van der Waals surface area contributed by atoms with Crippen molar-refractivity contribution < 1.29 is 14.4 Å². The van der Waals surface area contributed by atoms with E-state index >= 15 is 0 Å². The highest BCUT2D eigenvalue weighted by Gasteiger charge is 2.41. The van der Waals surface area contributed by atoms with Crippen molar-refractivity contribution in [2.75, 3.05) is 19.7 Å². The van der Waals surface area contributed by atoms with Crippen molar-refractivity contribution >= 4 is 11.6 Å². The van der Waals surface area contributed by atoms with Crippen LogP contribution >= 0.6 is 0 Å². The van der Waals surface area contributed by atoms with Crippen molar-refractivity contribution in [2.45, 2.75) is 57.2 Å². The molecule has 0 radical (unpaired) electrons. The minimum absolute atomic E-state index is 0.0776. The van der Waals surface area contributed by atoms with Crippen LogP contribution in [0.4, 0.5) is 0 Å². The van der Waals surface area contributed by atoms with Gasteiger partial charge in [-0.15, -0.1) is 0 Å². The standard InChI is InChI=1S/C14H22N2O3/c1-11-9-12(19-15-11)13(17)16-7-8-18-14(10-16)5-3-2-4-6-14/h12H,2-10H2,1H3/t12-/m0/s1. The topological polar surface area (TPSA) is 51.1 Å². The Labute approximate surface area is 113 Å². The van der Waals surface area contributed by atoms with Gasteiger partial charge in [-0.1, -0.05) is 24.4 Å². The van der Waals surface area contributed by atoms with Crippen LogP contribution in [0.3, 0.4) is 0 Å². The van der Waals surface area contributed by atoms with E-state index in [4.69, 9.17) is 9.57 Å². The second-order valence-corrected chi connectivity index (χ2v) is 5.98. The predicted molar refractivity (Wildman–Crippen MR) is 70.9 cm³/mol. The maximum atomic E-state index is 12.4. The molecule has 5 heteroatoms. The van der Waals surface area contributed by atoms with Crippen LogP contribution < -0.4 is 0 Å². The maximum Gasteiger partial charge on any atom is 0.267 e. The molecule has 1 saturated carbocycles. The van der Waals surface area contributed by atoms with E-state index in [1.807, 2.05) is 11.8 Å². The molecule has 0 aromatic rings. The van der Waals surface area contributed by atoms with E-state index in [-0.39, 0.29) is 11.5 Å². The fourth-order valence-electron chi connectivity index (χ4n) is 3.36. The molecule has 3 rings (SSSR count). The van der Waals surface area contributed by atoms with Gasteiger partial charge >= 0.3 is 0 Å². The molecule has 3 aliphatic rings. The largest absolute Gasteiger partial charge is 0.382 e. The zero-order valence-electron chi connectivity index (χ0n) is 11.6. The second-order valence-electron chi connectivity index (χ2n) is 5.98. The number of carbonyl (C=O) groups is 1. The molecule has 1 amide bonds. The van der Waals surface area contributed by atoms with Crippen LogP contribution in [0, 0.1) is 0 Å². The van der Waals surface area contributed by atoms with Crippen LogP contribution in [-0.2, 0) is 14.4 Å². The Morgan fingerprint density at radius 3 is 2.84 bits per heavy atom. The molecule has 0 unspecified atom stereocenters. The average molecular weight is 266 g/mol. The summed E-state index contributed by atoms with van der Waals surface area (Å²) in [5, 5.41) is 3.88. The van der Waals surface area contributed by atoms with E-state index in [1.165, 1.54) is 19.3 Å². The van der Waals surface area contributed by atoms with Gasteiger partial charge in [0.15, 0.2) is 0 Å². The van der Waals surface area contributed by atoms with E-state index in [0.717, 1.165) is 25.1 Å². The highest BCUT2D eigenvalue weighted by molar-refractivity contribution is 5.91. The molecule has 2 heterocycles. The molecule has 19 heavy (non-hydrogen) atoms. The second kappa shape index (κ2) is 5.12. The SMILES string of the molecule is CC1=NO[C@H](C(=O)N2CCOC3(CCCCC3)C2)C1. The van der Waals surface area contributed by atoms with Crippen molar-refractivity contribution in [2.24, 2.45) is 5.16 Å². The molecule has 1 aliphatic carbocycles. The number of ether oxygens (including phenoxy) is 1. The summed E-state index contributed by atoms with van der Waals surface area (Å²) < 4.78 is 6.01. The van der Waals surface area contributed by atoms with Gasteiger partial charge < -0.3 is 14.5 Å². The molecule has 5 nitrogen and oxygen atoms in total. The molecular formula is C14H22N2O3. The zero-order chi connectivity index (χ0) is 13.3. The molecule has 2 fully saturated rings. The molecule has 0 N–H and O–H groups in total. The third-order valence-electron chi connectivity index (χ3n) is 4.42. The summed E-state index contributed by atoms with van der Waals surface area (Å²) in [5.74, 6) is 0.0776. The van der Waals surface area contributed by atoms with Gasteiger partial charge in [-0.05, 0) is 19.8 Å². The number of morpholine rings is 1. The molecule has 1 spiro atoms. The summed E-state index contributed by atoms with van der Waals surface area (Å²) in [6.45, 7) is 3.96. The lowest BCUT2D eigenvalue weighted by atomic mass is 9.83. The van der Waals surface area contributed by atoms with Crippen molar-refractivity contribution in [1.29, 1.82) is 0 Å². The van der Waals surface area contributed by atoms with Gasteiger partial charge in [-0.3, -0.25) is 4.79 Å². The van der Waals surface area contributed by atoms with E-state index in [9.17, 15) is 4.79 Å². The third-order valence-corrected chi connectivity index (χ3v) is 4.42. The third kappa shape index (κ3) is 2.61. The highest BCUT2D eigenvalue weighted by atomic mass is 16.6. The lowest BCUT2D eigenvalue weighted by Gasteiger charge is -2.45. The fourth-order valence-corrected chi connectivity index (χ4v) is 3.36. The fraction of sp³-hybridized carbons (Fsp3) is 0.857. The van der Waals surface area contributed by atoms with Gasteiger partial charge in [0.05, 0.1) is 17.9 Å². The number of rotatable bonds is 1. The molecule has 1 atom stereocenters. The number of hydrogen-bond acceptors (Lipinski definition) is 4. The van der Waals surface area contributed by atoms with Gasteiger partial charge in [0, 0.05) is 19.5 Å². The van der Waals surface area contributed by atoms with Crippen LogP contribution in [0.15, 0.2) is 5.16 Å². The summed E-state index contributed by atoms with van der Waals surface area (Å²) in [5.41, 5.74) is 0.819. The minimum atomic E-state index is -0.404. The minimum Gasteiger partial charge on any atom is -0.382 e. The van der Waals surface area contributed by atoms with E-state index in [1.54, 1.807) is 0 Å². The Morgan fingerprint density at radius 1 is 1.37 bits per heavy atom. The molecule has 1 saturated heterocycles. The Hall–Kier alpha value is -1.10. The summed E-state index contributed by atoms with van der Waals surface area (Å²) >= 11 is 0. The van der Waals surface area contributed by atoms with Gasteiger partial charge in [-0.25, -0.2) is 0 Å². The number of amides is 1. The lowest BCUT2D eigenvalue weighted by molar-refractivity contribution is -0.164. The lowest BCUT2D eigenvalue weighted by Crippen LogP contribution is -2.56. The Kier molecular flexibility index (Phi) is 3.48. The van der Waals surface area contributed by atoms with Gasteiger partial charge in [0.1, 0.15) is 0 Å². The number of hydrogen-bond donors (Lipinski definition) is 0. The monoisotopic (exact) mass is 266 g/mol. The van der Waals surface area contributed by atoms with Crippen LogP contribution in [0.2, 0.25) is 0 Å². The molecule has 106 valence electrons. The first kappa shape index (κ1) is 12.9. The van der Waals surface area contributed by atoms with Crippen molar-refractivity contribution in [1.82, 2.24) is 4.90 Å². The molecule has 2 aliphatic heterocycles. The van der Waals surface area contributed by atoms with Crippen molar-refractivity contribution in [3.05, 3.63) is 0 Å². The van der Waals surface area contributed by atoms with Gasteiger partial charge in [0.2, 0.25) is 6.10 Å². The first-order valence-corrected chi connectivity index (χ1v) is 7.31. The summed E-state index contributed by atoms with van der Waals surface area (Å²) in [7, 11) is 0. The van der Waals surface area contributed by atoms with Crippen molar-refractivity contribution in [3.8, 4) is 0 Å². The Morgan fingerprint density at radius 2 is 2.16 bits per heavy atom. The van der Waals surface area contributed by atoms with Crippen molar-refractivity contribution in [3.63, 3.8) is 0 Å². The Bertz CT molecular complexity index is 383. The van der Waals surface area contributed by atoms with Crippen LogP contribution in [0.1, 0.15) is 45.4 Å². The molecule has 0 aromatic carbocycles. The quantitative estimate of drug-likeness (QED) is 0.726. The zero-order valence-corrected chi connectivity index (χ0v) is 11.6. The summed E-state index contributed by atoms with van der Waals surface area (Å²) in [4.78, 5) is 19.6. The molecule has 0 aromatic heterocycles. The number of carbonyl (C=O) groups excluding carboxylic acids is 1. The molecular weight excluding hydrogens is 244 g/mol. The molecule has 0 bridgehead atoms. The van der Waals surface area contributed by atoms with E-state index < -0.39 is 6.10 Å². The van der Waals surface area contributed by atoms with E-state index in [2.05, 4.69) is 5.16 Å².